The molecular weight excluding hydrogens is 306 g/mol. The van der Waals surface area contributed by atoms with Crippen molar-refractivity contribution in [3.63, 3.8) is 0 Å². The number of carbonyl (C=O) groups excluding carboxylic acids is 2. The van der Waals surface area contributed by atoms with E-state index in [2.05, 4.69) is 16.5 Å². The molecule has 3 rings (SSSR count). The van der Waals surface area contributed by atoms with Gasteiger partial charge in [0.05, 0.1) is 6.54 Å². The third-order valence-corrected chi connectivity index (χ3v) is 4.23. The standard InChI is InChI=1S/C17H21N5O2/c1-20-9-8-15(19-20)21(2)16(23)11-18-17(24)22-10-7-13-5-3-4-6-14(13)12-22/h3-6,8-9H,7,10-12H2,1-2H3,(H,18,24). The van der Waals surface area contributed by atoms with Crippen LogP contribution >= 0.6 is 0 Å². The lowest BCUT2D eigenvalue weighted by atomic mass is 10.0. The molecule has 2 heterocycles. The van der Waals surface area contributed by atoms with E-state index in [4.69, 9.17) is 0 Å². The molecule has 0 radical (unpaired) electrons. The fourth-order valence-electron chi connectivity index (χ4n) is 2.76. The molecule has 24 heavy (non-hydrogen) atoms. The highest BCUT2D eigenvalue weighted by molar-refractivity contribution is 5.95. The highest BCUT2D eigenvalue weighted by atomic mass is 16.2. The lowest BCUT2D eigenvalue weighted by molar-refractivity contribution is -0.117. The Labute approximate surface area is 140 Å². The van der Waals surface area contributed by atoms with Gasteiger partial charge in [-0.1, -0.05) is 24.3 Å². The van der Waals surface area contributed by atoms with Crippen LogP contribution in [-0.2, 0) is 24.8 Å². The Morgan fingerprint density at radius 1 is 1.25 bits per heavy atom. The van der Waals surface area contributed by atoms with E-state index in [0.29, 0.717) is 18.9 Å². The number of amides is 3. The van der Waals surface area contributed by atoms with E-state index < -0.39 is 0 Å². The van der Waals surface area contributed by atoms with Crippen molar-refractivity contribution in [3.05, 3.63) is 47.7 Å². The van der Waals surface area contributed by atoms with Crippen LogP contribution in [0.2, 0.25) is 0 Å². The van der Waals surface area contributed by atoms with Gasteiger partial charge in [0.2, 0.25) is 5.91 Å². The van der Waals surface area contributed by atoms with Crippen molar-refractivity contribution in [2.75, 3.05) is 25.0 Å². The number of nitrogens with one attached hydrogen (secondary N) is 1. The molecule has 3 amide bonds. The molecule has 1 aromatic carbocycles. The fourth-order valence-corrected chi connectivity index (χ4v) is 2.76. The Kier molecular flexibility index (Phi) is 4.50. The van der Waals surface area contributed by atoms with Gasteiger partial charge in [-0.15, -0.1) is 0 Å². The fraction of sp³-hybridized carbons (Fsp3) is 0.353. The molecule has 2 aromatic rings. The molecule has 1 aliphatic rings. The minimum atomic E-state index is -0.215. The van der Waals surface area contributed by atoms with Crippen molar-refractivity contribution in [2.45, 2.75) is 13.0 Å². The second-order valence-corrected chi connectivity index (χ2v) is 5.90. The van der Waals surface area contributed by atoms with Gasteiger partial charge in [-0.25, -0.2) is 4.79 Å². The first-order chi connectivity index (χ1) is 11.5. The van der Waals surface area contributed by atoms with Crippen LogP contribution in [0.1, 0.15) is 11.1 Å². The largest absolute Gasteiger partial charge is 0.329 e. The number of aryl methyl sites for hydroxylation is 1. The quantitative estimate of drug-likeness (QED) is 0.919. The minimum Gasteiger partial charge on any atom is -0.329 e. The van der Waals surface area contributed by atoms with Gasteiger partial charge < -0.3 is 10.2 Å². The van der Waals surface area contributed by atoms with E-state index in [9.17, 15) is 9.59 Å². The first kappa shape index (κ1) is 16.0. The number of aromatic nitrogens is 2. The molecular formula is C17H21N5O2. The van der Waals surface area contributed by atoms with Crippen LogP contribution in [0.25, 0.3) is 0 Å². The summed E-state index contributed by atoms with van der Waals surface area (Å²) in [5.74, 6) is 0.350. The molecule has 0 atom stereocenters. The van der Waals surface area contributed by atoms with Crippen molar-refractivity contribution >= 4 is 17.8 Å². The van der Waals surface area contributed by atoms with Gasteiger partial charge in [-0.2, -0.15) is 5.10 Å². The van der Waals surface area contributed by atoms with Crippen LogP contribution < -0.4 is 10.2 Å². The molecule has 1 aromatic heterocycles. The van der Waals surface area contributed by atoms with Crippen LogP contribution in [0, 0.1) is 0 Å². The monoisotopic (exact) mass is 327 g/mol. The Hall–Kier alpha value is -2.83. The van der Waals surface area contributed by atoms with Crippen LogP contribution in [0.3, 0.4) is 0 Å². The van der Waals surface area contributed by atoms with Gasteiger partial charge >= 0.3 is 6.03 Å². The summed E-state index contributed by atoms with van der Waals surface area (Å²) in [5, 5.41) is 6.87. The minimum absolute atomic E-state index is 0.0515. The van der Waals surface area contributed by atoms with Gasteiger partial charge in [0.25, 0.3) is 0 Å². The number of anilines is 1. The maximum atomic E-state index is 12.3. The SMILES string of the molecule is CN(C(=O)CNC(=O)N1CCc2ccccc2C1)c1ccn(C)n1. The molecule has 0 unspecified atom stereocenters. The average molecular weight is 327 g/mol. The summed E-state index contributed by atoms with van der Waals surface area (Å²) in [6.45, 7) is 1.18. The summed E-state index contributed by atoms with van der Waals surface area (Å²) in [6, 6.07) is 9.66. The van der Waals surface area contributed by atoms with Crippen LogP contribution in [0.15, 0.2) is 36.5 Å². The Bertz CT molecular complexity index is 755. The number of nitrogens with zero attached hydrogens (tertiary/aromatic N) is 4. The van der Waals surface area contributed by atoms with E-state index in [1.165, 1.54) is 10.5 Å². The number of benzene rings is 1. The van der Waals surface area contributed by atoms with E-state index in [1.54, 1.807) is 35.9 Å². The highest BCUT2D eigenvalue weighted by Crippen LogP contribution is 2.18. The average Bonchev–Trinajstić information content (AvgIpc) is 3.04. The van der Waals surface area contributed by atoms with Crippen molar-refractivity contribution in [1.29, 1.82) is 0 Å². The summed E-state index contributed by atoms with van der Waals surface area (Å²) in [5.41, 5.74) is 2.45. The Balaban J connectivity index is 1.53. The van der Waals surface area contributed by atoms with Gasteiger partial charge in [-0.3, -0.25) is 14.4 Å². The number of fused-ring (bicyclic) bond motifs is 1. The predicted molar refractivity (Wildman–Crippen MR) is 90.6 cm³/mol. The van der Waals surface area contributed by atoms with Crippen LogP contribution in [0.5, 0.6) is 0 Å². The second kappa shape index (κ2) is 6.74. The normalized spacial score (nSPS) is 13.3. The lowest BCUT2D eigenvalue weighted by Crippen LogP contribution is -2.46. The predicted octanol–water partition coefficient (Wildman–Crippen LogP) is 1.15. The van der Waals surface area contributed by atoms with Gasteiger partial charge in [0.1, 0.15) is 0 Å². The lowest BCUT2D eigenvalue weighted by Gasteiger charge is -2.29. The second-order valence-electron chi connectivity index (χ2n) is 5.90. The molecule has 0 spiro atoms. The smallest absolute Gasteiger partial charge is 0.318 e. The van der Waals surface area contributed by atoms with Gasteiger partial charge in [0, 0.05) is 39.4 Å². The van der Waals surface area contributed by atoms with Crippen molar-refractivity contribution < 1.29 is 9.59 Å². The summed E-state index contributed by atoms with van der Waals surface area (Å²) < 4.78 is 1.63. The summed E-state index contributed by atoms with van der Waals surface area (Å²) >= 11 is 0. The Morgan fingerprint density at radius 2 is 2.00 bits per heavy atom. The number of urea groups is 1. The summed E-state index contributed by atoms with van der Waals surface area (Å²) in [6.07, 6.45) is 2.61. The third kappa shape index (κ3) is 3.40. The topological polar surface area (TPSA) is 70.5 Å². The first-order valence-electron chi connectivity index (χ1n) is 7.90. The summed E-state index contributed by atoms with van der Waals surface area (Å²) in [7, 11) is 3.44. The number of rotatable bonds is 3. The number of hydrogen-bond acceptors (Lipinski definition) is 3. The third-order valence-electron chi connectivity index (χ3n) is 4.23. The zero-order chi connectivity index (χ0) is 17.1. The number of hydrogen-bond donors (Lipinski definition) is 1. The molecule has 0 bridgehead atoms. The number of likely N-dealkylation sites (N-methyl/N-ethyl adjacent to an activating group) is 1. The van der Waals surface area contributed by atoms with E-state index in [0.717, 1.165) is 12.0 Å². The van der Waals surface area contributed by atoms with Gasteiger partial charge in [-0.05, 0) is 17.5 Å². The first-order valence-corrected chi connectivity index (χ1v) is 7.90. The van der Waals surface area contributed by atoms with E-state index in [1.807, 2.05) is 18.2 Å². The van der Waals surface area contributed by atoms with E-state index in [-0.39, 0.29) is 18.5 Å². The molecule has 0 saturated carbocycles. The molecule has 1 aliphatic heterocycles. The molecule has 1 N–H and O–H groups in total. The molecule has 7 heteroatoms. The maximum absolute atomic E-state index is 12.3. The van der Waals surface area contributed by atoms with Crippen molar-refractivity contribution in [1.82, 2.24) is 20.0 Å². The highest BCUT2D eigenvalue weighted by Gasteiger charge is 2.21. The van der Waals surface area contributed by atoms with Crippen LogP contribution in [-0.4, -0.2) is 46.8 Å². The summed E-state index contributed by atoms with van der Waals surface area (Å²) in [4.78, 5) is 27.7. The molecule has 0 aliphatic carbocycles. The zero-order valence-corrected chi connectivity index (χ0v) is 13.9. The molecule has 0 fully saturated rings. The molecule has 7 nitrogen and oxygen atoms in total. The molecule has 0 saturated heterocycles. The van der Waals surface area contributed by atoms with Crippen molar-refractivity contribution in [2.24, 2.45) is 7.05 Å². The van der Waals surface area contributed by atoms with Gasteiger partial charge in [0.15, 0.2) is 5.82 Å². The molecule has 126 valence electrons. The maximum Gasteiger partial charge on any atom is 0.318 e. The van der Waals surface area contributed by atoms with Crippen molar-refractivity contribution in [3.8, 4) is 0 Å². The Morgan fingerprint density at radius 3 is 2.71 bits per heavy atom. The van der Waals surface area contributed by atoms with E-state index >= 15 is 0 Å². The van der Waals surface area contributed by atoms with Crippen LogP contribution in [0.4, 0.5) is 10.6 Å². The number of carbonyl (C=O) groups is 2. The zero-order valence-electron chi connectivity index (χ0n) is 13.9.